The highest BCUT2D eigenvalue weighted by atomic mass is 79.9. The van der Waals surface area contributed by atoms with Crippen molar-refractivity contribution in [1.29, 1.82) is 0 Å². The first-order valence-electron chi connectivity index (χ1n) is 4.72. The molecule has 0 aliphatic carbocycles. The van der Waals surface area contributed by atoms with E-state index in [1.165, 1.54) is 0 Å². The van der Waals surface area contributed by atoms with E-state index in [0.717, 1.165) is 36.3 Å². The topological polar surface area (TPSA) is 35.5 Å². The van der Waals surface area contributed by atoms with Gasteiger partial charge in [0.05, 0.1) is 13.2 Å². The summed E-state index contributed by atoms with van der Waals surface area (Å²) in [6.45, 7) is 0.895. The van der Waals surface area contributed by atoms with E-state index in [2.05, 4.69) is 31.9 Å². The summed E-state index contributed by atoms with van der Waals surface area (Å²) in [5, 5.41) is 1.88. The van der Waals surface area contributed by atoms with Crippen LogP contribution in [0.5, 0.6) is 0 Å². The smallest absolute Gasteiger partial charge is 0.434 e. The van der Waals surface area contributed by atoms with Crippen molar-refractivity contribution >= 4 is 38.0 Å². The first kappa shape index (κ1) is 14.2. The summed E-state index contributed by atoms with van der Waals surface area (Å²) in [7, 11) is 0. The maximum Gasteiger partial charge on any atom is 0.508 e. The first-order chi connectivity index (χ1) is 6.81. The lowest BCUT2D eigenvalue weighted by molar-refractivity contribution is 0.0537. The fourth-order valence-electron chi connectivity index (χ4n) is 0.746. The van der Waals surface area contributed by atoms with Gasteiger partial charge in [-0.05, 0) is 25.7 Å². The van der Waals surface area contributed by atoms with E-state index in [-0.39, 0.29) is 0 Å². The zero-order chi connectivity index (χ0) is 10.6. The average Bonchev–Trinajstić information content (AvgIpc) is 2.19. The van der Waals surface area contributed by atoms with E-state index >= 15 is 0 Å². The zero-order valence-corrected chi connectivity index (χ0v) is 11.3. The Labute approximate surface area is 102 Å². The number of ether oxygens (including phenoxy) is 2. The number of halogens is 2. The van der Waals surface area contributed by atoms with Gasteiger partial charge in [0.25, 0.3) is 0 Å². The second-order valence-corrected chi connectivity index (χ2v) is 4.33. The molecule has 0 N–H and O–H groups in total. The van der Waals surface area contributed by atoms with E-state index in [9.17, 15) is 4.79 Å². The summed E-state index contributed by atoms with van der Waals surface area (Å²) in [5.74, 6) is 0. The highest BCUT2D eigenvalue weighted by Gasteiger charge is 2.01. The summed E-state index contributed by atoms with van der Waals surface area (Å²) in [5.41, 5.74) is 0. The summed E-state index contributed by atoms with van der Waals surface area (Å²) in [6.07, 6.45) is 3.23. The third-order valence-electron chi connectivity index (χ3n) is 1.50. The standard InChI is InChI=1S/C9H16Br2O3/c10-5-1-3-7-13-9(12)14-8-4-2-6-11/h1-8H2. The van der Waals surface area contributed by atoms with Gasteiger partial charge in [0, 0.05) is 10.7 Å². The van der Waals surface area contributed by atoms with Crippen molar-refractivity contribution in [3.63, 3.8) is 0 Å². The second kappa shape index (κ2) is 11.3. The van der Waals surface area contributed by atoms with E-state index in [4.69, 9.17) is 9.47 Å². The molecule has 0 fully saturated rings. The van der Waals surface area contributed by atoms with Crippen molar-refractivity contribution in [2.45, 2.75) is 25.7 Å². The fraction of sp³-hybridized carbons (Fsp3) is 0.889. The number of rotatable bonds is 8. The minimum atomic E-state index is -0.547. The predicted octanol–water partition coefficient (Wildman–Crippen LogP) is 3.49. The van der Waals surface area contributed by atoms with Gasteiger partial charge in [-0.25, -0.2) is 4.79 Å². The van der Waals surface area contributed by atoms with Crippen molar-refractivity contribution in [1.82, 2.24) is 0 Å². The molecule has 0 spiro atoms. The van der Waals surface area contributed by atoms with Crippen LogP contribution in [0.3, 0.4) is 0 Å². The number of carbonyl (C=O) groups excluding carboxylic acids is 1. The molecule has 0 radical (unpaired) electrons. The first-order valence-corrected chi connectivity index (χ1v) is 6.97. The van der Waals surface area contributed by atoms with Crippen molar-refractivity contribution < 1.29 is 14.3 Å². The number of carbonyl (C=O) groups is 1. The minimum Gasteiger partial charge on any atom is -0.434 e. The van der Waals surface area contributed by atoms with Gasteiger partial charge in [0.2, 0.25) is 0 Å². The molecular formula is C9H16Br2O3. The SMILES string of the molecule is O=C(OCCCCBr)OCCCCBr. The van der Waals surface area contributed by atoms with Crippen LogP contribution in [0, 0.1) is 0 Å². The molecule has 5 heteroatoms. The van der Waals surface area contributed by atoms with Crippen LogP contribution >= 0.6 is 31.9 Å². The third-order valence-corrected chi connectivity index (χ3v) is 2.62. The summed E-state index contributed by atoms with van der Waals surface area (Å²) in [4.78, 5) is 10.9. The zero-order valence-electron chi connectivity index (χ0n) is 8.14. The van der Waals surface area contributed by atoms with Gasteiger partial charge in [0.1, 0.15) is 0 Å². The lowest BCUT2D eigenvalue weighted by Gasteiger charge is -2.04. The molecule has 0 unspecified atom stereocenters. The Morgan fingerprint density at radius 2 is 1.29 bits per heavy atom. The predicted molar refractivity (Wildman–Crippen MR) is 63.4 cm³/mol. The van der Waals surface area contributed by atoms with Crippen molar-refractivity contribution in [2.75, 3.05) is 23.9 Å². The number of alkyl halides is 2. The van der Waals surface area contributed by atoms with Crippen LogP contribution in [-0.4, -0.2) is 30.0 Å². The lowest BCUT2D eigenvalue weighted by Crippen LogP contribution is -2.09. The molecule has 0 aliphatic heterocycles. The van der Waals surface area contributed by atoms with E-state index in [0.29, 0.717) is 13.2 Å². The van der Waals surface area contributed by atoms with Gasteiger partial charge in [-0.2, -0.15) is 0 Å². The normalized spacial score (nSPS) is 9.86. The van der Waals surface area contributed by atoms with Crippen LogP contribution in [0.2, 0.25) is 0 Å². The minimum absolute atomic E-state index is 0.447. The molecule has 0 saturated heterocycles. The Hall–Kier alpha value is 0.230. The number of unbranched alkanes of at least 4 members (excludes halogenated alkanes) is 2. The van der Waals surface area contributed by atoms with Crippen LogP contribution in [-0.2, 0) is 9.47 Å². The van der Waals surface area contributed by atoms with Gasteiger partial charge in [-0.1, -0.05) is 31.9 Å². The molecule has 0 saturated carbocycles. The van der Waals surface area contributed by atoms with E-state index < -0.39 is 6.16 Å². The molecule has 0 heterocycles. The maximum absolute atomic E-state index is 10.9. The molecule has 0 amide bonds. The maximum atomic E-state index is 10.9. The molecule has 3 nitrogen and oxygen atoms in total. The summed E-state index contributed by atoms with van der Waals surface area (Å²) < 4.78 is 9.66. The Bertz CT molecular complexity index is 128. The van der Waals surface area contributed by atoms with Gasteiger partial charge < -0.3 is 9.47 Å². The second-order valence-electron chi connectivity index (χ2n) is 2.74. The summed E-state index contributed by atoms with van der Waals surface area (Å²) in [6, 6.07) is 0. The third kappa shape index (κ3) is 10.3. The molecule has 0 aromatic heterocycles. The van der Waals surface area contributed by atoms with Crippen molar-refractivity contribution in [3.05, 3.63) is 0 Å². The van der Waals surface area contributed by atoms with E-state index in [1.807, 2.05) is 0 Å². The number of hydrogen-bond acceptors (Lipinski definition) is 3. The van der Waals surface area contributed by atoms with Crippen LogP contribution < -0.4 is 0 Å². The molecule has 0 rings (SSSR count). The Morgan fingerprint density at radius 3 is 1.64 bits per heavy atom. The Kier molecular flexibility index (Phi) is 11.5. The molecule has 0 bridgehead atoms. The quantitative estimate of drug-likeness (QED) is 0.388. The lowest BCUT2D eigenvalue weighted by atomic mass is 10.4. The number of hydrogen-bond donors (Lipinski definition) is 0. The van der Waals surface area contributed by atoms with Gasteiger partial charge in [-0.3, -0.25) is 0 Å². The fourth-order valence-corrected chi connectivity index (χ4v) is 1.54. The highest BCUT2D eigenvalue weighted by molar-refractivity contribution is 9.09. The van der Waals surface area contributed by atoms with Gasteiger partial charge in [0.15, 0.2) is 0 Å². The van der Waals surface area contributed by atoms with Crippen molar-refractivity contribution in [3.8, 4) is 0 Å². The van der Waals surface area contributed by atoms with Crippen molar-refractivity contribution in [2.24, 2.45) is 0 Å². The molecule has 0 atom stereocenters. The molecule has 14 heavy (non-hydrogen) atoms. The Balaban J connectivity index is 3.11. The van der Waals surface area contributed by atoms with Crippen LogP contribution in [0.15, 0.2) is 0 Å². The monoisotopic (exact) mass is 330 g/mol. The van der Waals surface area contributed by atoms with Crippen LogP contribution in [0.25, 0.3) is 0 Å². The molecule has 0 aliphatic rings. The van der Waals surface area contributed by atoms with Gasteiger partial charge in [-0.15, -0.1) is 0 Å². The molecule has 84 valence electrons. The summed E-state index contributed by atoms with van der Waals surface area (Å²) >= 11 is 6.60. The van der Waals surface area contributed by atoms with E-state index in [1.54, 1.807) is 0 Å². The van der Waals surface area contributed by atoms with Gasteiger partial charge >= 0.3 is 6.16 Å². The highest BCUT2D eigenvalue weighted by Crippen LogP contribution is 1.98. The molecular weight excluding hydrogens is 316 g/mol. The largest absolute Gasteiger partial charge is 0.508 e. The van der Waals surface area contributed by atoms with Crippen LogP contribution in [0.4, 0.5) is 4.79 Å². The molecule has 0 aromatic carbocycles. The Morgan fingerprint density at radius 1 is 0.857 bits per heavy atom. The average molecular weight is 332 g/mol. The van der Waals surface area contributed by atoms with Crippen LogP contribution in [0.1, 0.15) is 25.7 Å². The molecule has 0 aromatic rings.